The van der Waals surface area contributed by atoms with Gasteiger partial charge in [0, 0.05) is 25.7 Å². The lowest BCUT2D eigenvalue weighted by atomic mass is 9.95. The summed E-state index contributed by atoms with van der Waals surface area (Å²) in [5, 5.41) is 16.2. The average Bonchev–Trinajstić information content (AvgIpc) is 3.07. The summed E-state index contributed by atoms with van der Waals surface area (Å²) in [4.78, 5) is 25.2. The summed E-state index contributed by atoms with van der Waals surface area (Å²) >= 11 is 6.91. The number of allylic oxidation sites excluding steroid dienone is 1. The molecule has 0 fully saturated rings. The van der Waals surface area contributed by atoms with E-state index in [1.165, 1.54) is 0 Å². The number of carbonyl (C=O) groups excluding carboxylic acids is 2. The molecule has 0 radical (unpaired) electrons. The van der Waals surface area contributed by atoms with E-state index in [9.17, 15) is 9.59 Å². The first-order valence-corrected chi connectivity index (χ1v) is 9.98. The van der Waals surface area contributed by atoms with Crippen LogP contribution < -0.4 is 16.0 Å². The zero-order valence-electron chi connectivity index (χ0n) is 14.6. The monoisotopic (exact) mass is 503 g/mol. The molecule has 1 aliphatic heterocycles. The van der Waals surface area contributed by atoms with E-state index in [2.05, 4.69) is 58.0 Å². The summed E-state index contributed by atoms with van der Waals surface area (Å²) in [6, 6.07) is 10.2. The molecule has 0 bridgehead atoms. The van der Waals surface area contributed by atoms with Crippen LogP contribution in [0.1, 0.15) is 18.5 Å². The van der Waals surface area contributed by atoms with Crippen molar-refractivity contribution in [3.8, 4) is 0 Å². The van der Waals surface area contributed by atoms with Crippen molar-refractivity contribution in [2.24, 2.45) is 0 Å². The Bertz CT molecular complexity index is 1120. The van der Waals surface area contributed by atoms with Gasteiger partial charge in [0.15, 0.2) is 0 Å². The van der Waals surface area contributed by atoms with Crippen LogP contribution in [-0.4, -0.2) is 22.1 Å². The van der Waals surface area contributed by atoms with E-state index in [0.717, 1.165) is 25.4 Å². The first-order chi connectivity index (χ1) is 13.4. The second-order valence-corrected chi connectivity index (χ2v) is 8.23. The number of hydrogen-bond acceptors (Lipinski definition) is 3. The maximum atomic E-state index is 13.1. The third kappa shape index (κ3) is 3.67. The topological polar surface area (TPSA) is 98.9 Å². The summed E-state index contributed by atoms with van der Waals surface area (Å²) in [7, 11) is 0. The van der Waals surface area contributed by atoms with Crippen molar-refractivity contribution in [2.75, 3.05) is 5.32 Å². The Morgan fingerprint density at radius 1 is 1.14 bits per heavy atom. The van der Waals surface area contributed by atoms with Crippen LogP contribution in [0.25, 0.3) is 10.9 Å². The van der Waals surface area contributed by atoms with Crippen molar-refractivity contribution >= 4 is 60.4 Å². The van der Waals surface area contributed by atoms with Gasteiger partial charge in [-0.3, -0.25) is 9.89 Å². The number of urea groups is 1. The van der Waals surface area contributed by atoms with Crippen molar-refractivity contribution in [3.05, 3.63) is 68.4 Å². The minimum atomic E-state index is -0.583. The molecule has 7 nitrogen and oxygen atoms in total. The fourth-order valence-electron chi connectivity index (χ4n) is 3.21. The van der Waals surface area contributed by atoms with Gasteiger partial charge in [0.1, 0.15) is 0 Å². The lowest BCUT2D eigenvalue weighted by molar-refractivity contribution is -0.113. The molecule has 3 aromatic rings. The van der Waals surface area contributed by atoms with E-state index in [-0.39, 0.29) is 11.9 Å². The minimum absolute atomic E-state index is 0.297. The molecule has 2 heterocycles. The summed E-state index contributed by atoms with van der Waals surface area (Å²) in [6.45, 7) is 1.72. The Morgan fingerprint density at radius 3 is 2.64 bits per heavy atom. The van der Waals surface area contributed by atoms with Crippen molar-refractivity contribution in [1.29, 1.82) is 0 Å². The van der Waals surface area contributed by atoms with Crippen LogP contribution in [0.3, 0.4) is 0 Å². The fraction of sp³-hybridized carbons (Fsp3) is 0.105. The summed E-state index contributed by atoms with van der Waals surface area (Å²) in [5.41, 5.74) is 3.26. The Balaban J connectivity index is 1.69. The molecule has 0 saturated heterocycles. The third-order valence-corrected chi connectivity index (χ3v) is 5.35. The molecular weight excluding hydrogens is 490 g/mol. The highest BCUT2D eigenvalue weighted by molar-refractivity contribution is 9.11. The van der Waals surface area contributed by atoms with E-state index < -0.39 is 6.04 Å². The normalized spacial score (nSPS) is 16.7. The molecule has 1 aromatic heterocycles. The predicted octanol–water partition coefficient (Wildman–Crippen LogP) is 4.35. The number of carbonyl (C=O) groups is 2. The smallest absolute Gasteiger partial charge is 0.319 e. The van der Waals surface area contributed by atoms with Gasteiger partial charge in [-0.1, -0.05) is 31.9 Å². The lowest BCUT2D eigenvalue weighted by Crippen LogP contribution is -2.46. The molecule has 9 heteroatoms. The van der Waals surface area contributed by atoms with Gasteiger partial charge < -0.3 is 16.0 Å². The van der Waals surface area contributed by atoms with Crippen molar-refractivity contribution in [1.82, 2.24) is 20.8 Å². The van der Waals surface area contributed by atoms with Crippen LogP contribution in [0.5, 0.6) is 0 Å². The fourth-order valence-corrected chi connectivity index (χ4v) is 4.53. The molecule has 2 aromatic carbocycles. The Morgan fingerprint density at radius 2 is 1.89 bits per heavy atom. The number of benzene rings is 2. The summed E-state index contributed by atoms with van der Waals surface area (Å²) < 4.78 is 1.68. The number of fused-ring (bicyclic) bond motifs is 1. The van der Waals surface area contributed by atoms with Crippen LogP contribution in [0.2, 0.25) is 0 Å². The van der Waals surface area contributed by atoms with Crippen LogP contribution in [0, 0.1) is 0 Å². The minimum Gasteiger partial charge on any atom is -0.327 e. The van der Waals surface area contributed by atoms with Gasteiger partial charge in [-0.05, 0) is 48.9 Å². The maximum absolute atomic E-state index is 13.1. The quantitative estimate of drug-likeness (QED) is 0.426. The van der Waals surface area contributed by atoms with Gasteiger partial charge in [-0.15, -0.1) is 0 Å². The van der Waals surface area contributed by atoms with Crippen molar-refractivity contribution in [2.45, 2.75) is 13.0 Å². The summed E-state index contributed by atoms with van der Waals surface area (Å²) in [5.74, 6) is -0.297. The number of nitrogens with one attached hydrogen (secondary N) is 4. The Kier molecular flexibility index (Phi) is 4.94. The average molecular weight is 505 g/mol. The second-order valence-electron chi connectivity index (χ2n) is 6.40. The van der Waals surface area contributed by atoms with Gasteiger partial charge >= 0.3 is 6.03 Å². The highest BCUT2D eigenvalue weighted by Gasteiger charge is 2.31. The van der Waals surface area contributed by atoms with Gasteiger partial charge in [-0.2, -0.15) is 5.10 Å². The molecule has 3 amide bonds. The van der Waals surface area contributed by atoms with Gasteiger partial charge in [0.2, 0.25) is 0 Å². The number of hydrogen-bond donors (Lipinski definition) is 4. The first-order valence-electron chi connectivity index (χ1n) is 8.39. The highest BCUT2D eigenvalue weighted by atomic mass is 79.9. The van der Waals surface area contributed by atoms with Crippen LogP contribution in [0.4, 0.5) is 10.5 Å². The standard InChI is InChI=1S/C19H15Br2N5O2/c1-9-16(18(27)24-14-2-3-15-11(6-14)8-22-26-15)17(25-19(28)23-9)10-4-12(20)7-13(21)5-10/h2-8,17H,1H3,(H,22,26)(H,24,27)(H2,23,25,28). The maximum Gasteiger partial charge on any atom is 0.319 e. The molecule has 0 aliphatic carbocycles. The zero-order valence-corrected chi connectivity index (χ0v) is 17.8. The number of rotatable bonds is 3. The predicted molar refractivity (Wildman–Crippen MR) is 114 cm³/mol. The molecule has 4 rings (SSSR count). The Hall–Kier alpha value is -2.65. The second kappa shape index (κ2) is 7.40. The first kappa shape index (κ1) is 18.7. The molecule has 0 saturated carbocycles. The molecule has 4 N–H and O–H groups in total. The van der Waals surface area contributed by atoms with Gasteiger partial charge in [0.25, 0.3) is 5.91 Å². The summed E-state index contributed by atoms with van der Waals surface area (Å²) in [6.07, 6.45) is 1.69. The number of nitrogens with zero attached hydrogens (tertiary/aromatic N) is 1. The number of aromatic amines is 1. The molecule has 0 spiro atoms. The molecule has 1 atom stereocenters. The van der Waals surface area contributed by atoms with Gasteiger partial charge in [0.05, 0.1) is 23.3 Å². The van der Waals surface area contributed by atoms with E-state index in [1.807, 2.05) is 30.3 Å². The number of anilines is 1. The van der Waals surface area contributed by atoms with Gasteiger partial charge in [-0.25, -0.2) is 4.79 Å². The zero-order chi connectivity index (χ0) is 19.8. The highest BCUT2D eigenvalue weighted by Crippen LogP contribution is 2.32. The SMILES string of the molecule is CC1=C(C(=O)Nc2ccc3[nH]ncc3c2)C(c2cc(Br)cc(Br)c2)NC(=O)N1. The van der Waals surface area contributed by atoms with Crippen molar-refractivity contribution in [3.63, 3.8) is 0 Å². The number of aromatic nitrogens is 2. The molecular formula is C19H15Br2N5O2. The molecule has 1 unspecified atom stereocenters. The number of amides is 3. The van der Waals surface area contributed by atoms with Crippen LogP contribution in [0.15, 0.2) is 62.8 Å². The lowest BCUT2D eigenvalue weighted by Gasteiger charge is -2.29. The van der Waals surface area contributed by atoms with E-state index in [4.69, 9.17) is 0 Å². The molecule has 1 aliphatic rings. The van der Waals surface area contributed by atoms with E-state index in [1.54, 1.807) is 19.2 Å². The van der Waals surface area contributed by atoms with Crippen LogP contribution >= 0.6 is 31.9 Å². The number of halogens is 2. The van der Waals surface area contributed by atoms with E-state index in [0.29, 0.717) is 17.0 Å². The third-order valence-electron chi connectivity index (χ3n) is 4.43. The number of H-pyrrole nitrogens is 1. The Labute approximate surface area is 177 Å². The van der Waals surface area contributed by atoms with Crippen LogP contribution in [-0.2, 0) is 4.79 Å². The largest absolute Gasteiger partial charge is 0.327 e. The van der Waals surface area contributed by atoms with Crippen molar-refractivity contribution < 1.29 is 9.59 Å². The van der Waals surface area contributed by atoms with E-state index >= 15 is 0 Å². The molecule has 28 heavy (non-hydrogen) atoms. The molecule has 142 valence electrons.